The molecule has 5 nitrogen and oxygen atoms in total. The first kappa shape index (κ1) is 21.2. The number of halogens is 2. The van der Waals surface area contributed by atoms with E-state index in [9.17, 15) is 4.39 Å². The largest absolute Gasteiger partial charge is 0.379 e. The second-order valence-electron chi connectivity index (χ2n) is 6.93. The van der Waals surface area contributed by atoms with Crippen LogP contribution in [0.1, 0.15) is 25.7 Å². The van der Waals surface area contributed by atoms with Crippen molar-refractivity contribution in [2.75, 3.05) is 44.8 Å². The summed E-state index contributed by atoms with van der Waals surface area (Å²) in [4.78, 5) is 6.53. The molecule has 1 aromatic rings. The lowest BCUT2D eigenvalue weighted by Crippen LogP contribution is -2.51. The maximum atomic E-state index is 13.5. The number of guanidine groups is 1. The van der Waals surface area contributed by atoms with Crippen LogP contribution in [-0.4, -0.2) is 51.9 Å². The van der Waals surface area contributed by atoms with Crippen LogP contribution >= 0.6 is 24.0 Å². The van der Waals surface area contributed by atoms with E-state index in [1.807, 2.05) is 6.07 Å². The highest BCUT2D eigenvalue weighted by molar-refractivity contribution is 14.0. The molecule has 7 heteroatoms. The van der Waals surface area contributed by atoms with Gasteiger partial charge in [0.25, 0.3) is 0 Å². The molecule has 146 valence electrons. The zero-order chi connectivity index (χ0) is 17.5. The molecule has 1 heterocycles. The SMILES string of the molecule is CN=C(NCCOCC1CC1)NC1CCCN(c2cccc(F)c2)C1.I. The summed E-state index contributed by atoms with van der Waals surface area (Å²) < 4.78 is 19.1. The molecule has 1 aromatic carbocycles. The van der Waals surface area contributed by atoms with Crippen LogP contribution in [0.4, 0.5) is 10.1 Å². The molecule has 0 bridgehead atoms. The van der Waals surface area contributed by atoms with E-state index >= 15 is 0 Å². The Bertz CT molecular complexity index is 582. The standard InChI is InChI=1S/C19H29FN4O.HI/c1-21-19(22-9-11-25-14-15-7-8-15)23-17-5-3-10-24(13-17)18-6-2-4-16(20)12-18;/h2,4,6,12,15,17H,3,5,7-11,13-14H2,1H3,(H2,21,22,23);1H. The van der Waals surface area contributed by atoms with Gasteiger partial charge in [-0.15, -0.1) is 24.0 Å². The van der Waals surface area contributed by atoms with Crippen LogP contribution in [-0.2, 0) is 4.74 Å². The molecular weight excluding hydrogens is 446 g/mol. The Morgan fingerprint density at radius 3 is 2.92 bits per heavy atom. The van der Waals surface area contributed by atoms with Gasteiger partial charge >= 0.3 is 0 Å². The fourth-order valence-electron chi connectivity index (χ4n) is 3.17. The van der Waals surface area contributed by atoms with E-state index in [-0.39, 0.29) is 29.8 Å². The first-order valence-corrected chi connectivity index (χ1v) is 9.30. The molecule has 1 saturated heterocycles. The monoisotopic (exact) mass is 476 g/mol. The molecule has 1 aliphatic heterocycles. The highest BCUT2D eigenvalue weighted by Crippen LogP contribution is 2.28. The Morgan fingerprint density at radius 2 is 2.19 bits per heavy atom. The van der Waals surface area contributed by atoms with Gasteiger partial charge in [-0.1, -0.05) is 6.07 Å². The summed E-state index contributed by atoms with van der Waals surface area (Å²) in [5, 5.41) is 6.79. The predicted octanol–water partition coefficient (Wildman–Crippen LogP) is 3.00. The molecule has 2 fully saturated rings. The summed E-state index contributed by atoms with van der Waals surface area (Å²) in [6, 6.07) is 7.13. The normalized spacial score (nSPS) is 20.5. The van der Waals surface area contributed by atoms with Crippen LogP contribution in [0.5, 0.6) is 0 Å². The van der Waals surface area contributed by atoms with Gasteiger partial charge in [0.15, 0.2) is 5.96 Å². The van der Waals surface area contributed by atoms with Crippen molar-refractivity contribution in [3.8, 4) is 0 Å². The number of nitrogens with zero attached hydrogens (tertiary/aromatic N) is 2. The number of anilines is 1. The Morgan fingerprint density at radius 1 is 1.35 bits per heavy atom. The minimum Gasteiger partial charge on any atom is -0.379 e. The molecule has 0 amide bonds. The summed E-state index contributed by atoms with van der Waals surface area (Å²) in [5.74, 6) is 1.42. The average molecular weight is 476 g/mol. The topological polar surface area (TPSA) is 48.9 Å². The van der Waals surface area contributed by atoms with Gasteiger partial charge in [0, 0.05) is 45.0 Å². The maximum absolute atomic E-state index is 13.5. The Kier molecular flexibility index (Phi) is 8.90. The first-order chi connectivity index (χ1) is 12.2. The Labute approximate surface area is 172 Å². The molecule has 0 aromatic heterocycles. The van der Waals surface area contributed by atoms with Crippen LogP contribution < -0.4 is 15.5 Å². The number of aliphatic imine (C=N–C) groups is 1. The van der Waals surface area contributed by atoms with E-state index in [0.29, 0.717) is 12.6 Å². The quantitative estimate of drug-likeness (QED) is 0.275. The number of nitrogens with one attached hydrogen (secondary N) is 2. The summed E-state index contributed by atoms with van der Waals surface area (Å²) in [5.41, 5.74) is 0.947. The number of ether oxygens (including phenoxy) is 1. The van der Waals surface area contributed by atoms with Crippen molar-refractivity contribution >= 4 is 35.6 Å². The first-order valence-electron chi connectivity index (χ1n) is 9.30. The van der Waals surface area contributed by atoms with E-state index in [1.54, 1.807) is 19.2 Å². The molecule has 1 atom stereocenters. The van der Waals surface area contributed by atoms with Gasteiger partial charge < -0.3 is 20.3 Å². The molecule has 26 heavy (non-hydrogen) atoms. The van der Waals surface area contributed by atoms with Crippen molar-refractivity contribution in [1.29, 1.82) is 0 Å². The maximum Gasteiger partial charge on any atom is 0.191 e. The molecule has 1 saturated carbocycles. The highest BCUT2D eigenvalue weighted by atomic mass is 127. The van der Waals surface area contributed by atoms with E-state index < -0.39 is 0 Å². The number of benzene rings is 1. The van der Waals surface area contributed by atoms with Crippen molar-refractivity contribution < 1.29 is 9.13 Å². The molecular formula is C19H30FIN4O. The van der Waals surface area contributed by atoms with E-state index in [1.165, 1.54) is 18.9 Å². The number of rotatable bonds is 7. The smallest absolute Gasteiger partial charge is 0.191 e. The Hall–Kier alpha value is -1.09. The third-order valence-electron chi connectivity index (χ3n) is 4.75. The third kappa shape index (κ3) is 6.90. The third-order valence-corrected chi connectivity index (χ3v) is 4.75. The van der Waals surface area contributed by atoms with E-state index in [4.69, 9.17) is 4.74 Å². The average Bonchev–Trinajstić information content (AvgIpc) is 3.45. The minimum absolute atomic E-state index is 0. The van der Waals surface area contributed by atoms with Crippen LogP contribution in [0.25, 0.3) is 0 Å². The summed E-state index contributed by atoms with van der Waals surface area (Å²) in [7, 11) is 1.79. The second kappa shape index (κ2) is 10.9. The minimum atomic E-state index is -0.184. The molecule has 3 rings (SSSR count). The van der Waals surface area contributed by atoms with Gasteiger partial charge in [-0.3, -0.25) is 4.99 Å². The number of hydrogen-bond acceptors (Lipinski definition) is 3. The van der Waals surface area contributed by atoms with E-state index in [0.717, 1.165) is 56.6 Å². The van der Waals surface area contributed by atoms with Crippen molar-refractivity contribution in [2.24, 2.45) is 10.9 Å². The lowest BCUT2D eigenvalue weighted by Gasteiger charge is -2.35. The van der Waals surface area contributed by atoms with Gasteiger partial charge in [-0.05, 0) is 49.8 Å². The van der Waals surface area contributed by atoms with Crippen molar-refractivity contribution in [3.05, 3.63) is 30.1 Å². The fraction of sp³-hybridized carbons (Fsp3) is 0.632. The van der Waals surface area contributed by atoms with Gasteiger partial charge in [-0.25, -0.2) is 4.39 Å². The highest BCUT2D eigenvalue weighted by Gasteiger charge is 2.22. The van der Waals surface area contributed by atoms with Gasteiger partial charge in [-0.2, -0.15) is 0 Å². The fourth-order valence-corrected chi connectivity index (χ4v) is 3.17. The summed E-state index contributed by atoms with van der Waals surface area (Å²) in [6.45, 7) is 4.16. The zero-order valence-electron chi connectivity index (χ0n) is 15.4. The lowest BCUT2D eigenvalue weighted by atomic mass is 10.0. The number of hydrogen-bond donors (Lipinski definition) is 2. The van der Waals surface area contributed by atoms with Crippen LogP contribution in [0, 0.1) is 11.7 Å². The van der Waals surface area contributed by atoms with Gasteiger partial charge in [0.2, 0.25) is 0 Å². The van der Waals surface area contributed by atoms with Gasteiger partial charge in [0.1, 0.15) is 5.82 Å². The predicted molar refractivity (Wildman–Crippen MR) is 115 cm³/mol. The summed E-state index contributed by atoms with van der Waals surface area (Å²) in [6.07, 6.45) is 4.81. The zero-order valence-corrected chi connectivity index (χ0v) is 17.7. The molecule has 1 aliphatic carbocycles. The molecule has 2 N–H and O–H groups in total. The van der Waals surface area contributed by atoms with Crippen molar-refractivity contribution in [3.63, 3.8) is 0 Å². The lowest BCUT2D eigenvalue weighted by molar-refractivity contribution is 0.129. The molecule has 0 radical (unpaired) electrons. The Balaban J connectivity index is 0.00000243. The van der Waals surface area contributed by atoms with Crippen molar-refractivity contribution in [2.45, 2.75) is 31.7 Å². The number of piperidine rings is 1. The summed E-state index contributed by atoms with van der Waals surface area (Å²) >= 11 is 0. The van der Waals surface area contributed by atoms with Gasteiger partial charge in [0.05, 0.1) is 6.61 Å². The van der Waals surface area contributed by atoms with Crippen molar-refractivity contribution in [1.82, 2.24) is 10.6 Å². The molecule has 1 unspecified atom stereocenters. The second-order valence-corrected chi connectivity index (χ2v) is 6.93. The molecule has 0 spiro atoms. The van der Waals surface area contributed by atoms with Crippen LogP contribution in [0.2, 0.25) is 0 Å². The van der Waals surface area contributed by atoms with Crippen LogP contribution in [0.3, 0.4) is 0 Å². The van der Waals surface area contributed by atoms with Crippen LogP contribution in [0.15, 0.2) is 29.3 Å². The molecule has 2 aliphatic rings. The van der Waals surface area contributed by atoms with E-state index in [2.05, 4.69) is 20.5 Å².